The highest BCUT2D eigenvalue weighted by atomic mass is 32.2. The van der Waals surface area contributed by atoms with Gasteiger partial charge in [0.25, 0.3) is 0 Å². The number of hydrogen-bond acceptors (Lipinski definition) is 6. The first-order valence-corrected chi connectivity index (χ1v) is 10.0. The van der Waals surface area contributed by atoms with Gasteiger partial charge in [-0.1, -0.05) is 23.9 Å². The van der Waals surface area contributed by atoms with Crippen LogP contribution in [0, 0.1) is 0 Å². The van der Waals surface area contributed by atoms with Crippen molar-refractivity contribution in [2.45, 2.75) is 10.9 Å². The number of aromatic nitrogens is 4. The molecule has 29 heavy (non-hydrogen) atoms. The van der Waals surface area contributed by atoms with Crippen LogP contribution in [-0.2, 0) is 10.5 Å². The maximum Gasteiger partial charge on any atom is 0.337 e. The molecule has 0 fully saturated rings. The van der Waals surface area contributed by atoms with Crippen LogP contribution in [0.15, 0.2) is 72.1 Å². The molecule has 2 aromatic carbocycles. The van der Waals surface area contributed by atoms with Crippen molar-refractivity contribution in [3.63, 3.8) is 0 Å². The van der Waals surface area contributed by atoms with Crippen molar-refractivity contribution < 1.29 is 9.53 Å². The predicted molar refractivity (Wildman–Crippen MR) is 113 cm³/mol. The molecule has 0 aliphatic carbocycles. The van der Waals surface area contributed by atoms with Gasteiger partial charge in [-0.25, -0.2) is 14.8 Å². The smallest absolute Gasteiger partial charge is 0.337 e. The summed E-state index contributed by atoms with van der Waals surface area (Å²) in [6.07, 6.45) is 3.57. The van der Waals surface area contributed by atoms with Gasteiger partial charge in [0.15, 0.2) is 5.16 Å². The summed E-state index contributed by atoms with van der Waals surface area (Å²) in [5.41, 5.74) is 5.08. The third kappa shape index (κ3) is 3.09. The average Bonchev–Trinajstić information content (AvgIpc) is 3.17. The minimum atomic E-state index is -0.381. The van der Waals surface area contributed by atoms with Crippen molar-refractivity contribution in [3.05, 3.63) is 78.1 Å². The topological polar surface area (TPSA) is 69.4 Å². The van der Waals surface area contributed by atoms with E-state index in [2.05, 4.69) is 9.38 Å². The number of imidazole rings is 1. The van der Waals surface area contributed by atoms with Gasteiger partial charge in [-0.2, -0.15) is 0 Å². The van der Waals surface area contributed by atoms with E-state index in [-0.39, 0.29) is 5.97 Å². The van der Waals surface area contributed by atoms with Crippen molar-refractivity contribution in [3.8, 4) is 0 Å². The number of nitrogens with zero attached hydrogens (tertiary/aromatic N) is 4. The lowest BCUT2D eigenvalue weighted by molar-refractivity contribution is 0.0601. The van der Waals surface area contributed by atoms with E-state index in [0.29, 0.717) is 11.1 Å². The van der Waals surface area contributed by atoms with Gasteiger partial charge in [0.05, 0.1) is 29.2 Å². The molecule has 142 valence electrons. The molecule has 0 spiro atoms. The van der Waals surface area contributed by atoms with Crippen LogP contribution in [0.2, 0.25) is 0 Å². The van der Waals surface area contributed by atoms with Crippen LogP contribution < -0.4 is 0 Å². The molecule has 0 atom stereocenters. The monoisotopic (exact) mass is 400 g/mol. The first-order valence-electron chi connectivity index (χ1n) is 9.05. The Hall–Kier alpha value is -3.45. The zero-order valence-electron chi connectivity index (χ0n) is 15.6. The Labute approximate surface area is 170 Å². The summed E-state index contributed by atoms with van der Waals surface area (Å²) < 4.78 is 6.94. The Morgan fingerprint density at radius 2 is 1.86 bits per heavy atom. The summed E-state index contributed by atoms with van der Waals surface area (Å²) in [7, 11) is 1.38. The fourth-order valence-electron chi connectivity index (χ4n) is 3.34. The highest BCUT2D eigenvalue weighted by Crippen LogP contribution is 2.30. The summed E-state index contributed by atoms with van der Waals surface area (Å²) in [4.78, 5) is 25.8. The summed E-state index contributed by atoms with van der Waals surface area (Å²) >= 11 is 1.63. The SMILES string of the molecule is COC(=O)c1ccc2c(c1)nc(SCc1ccncc1)n1c3ccccc3nc21. The zero-order chi connectivity index (χ0) is 19.8. The second-order valence-corrected chi connectivity index (χ2v) is 7.46. The predicted octanol–water partition coefficient (Wildman–Crippen LogP) is 4.51. The normalized spacial score (nSPS) is 11.3. The Morgan fingerprint density at radius 3 is 2.69 bits per heavy atom. The molecular weight excluding hydrogens is 384 g/mol. The molecule has 0 bridgehead atoms. The van der Waals surface area contributed by atoms with Gasteiger partial charge in [0, 0.05) is 23.5 Å². The Balaban J connectivity index is 1.73. The lowest BCUT2D eigenvalue weighted by Crippen LogP contribution is -2.02. The van der Waals surface area contributed by atoms with E-state index in [9.17, 15) is 4.79 Å². The fraction of sp³-hybridized carbons (Fsp3) is 0.0909. The minimum absolute atomic E-state index is 0.381. The maximum absolute atomic E-state index is 12.0. The molecule has 0 radical (unpaired) electrons. The Kier molecular flexibility index (Phi) is 4.37. The molecule has 0 aliphatic heterocycles. The van der Waals surface area contributed by atoms with Crippen LogP contribution in [-0.4, -0.2) is 32.4 Å². The van der Waals surface area contributed by atoms with E-state index in [1.165, 1.54) is 7.11 Å². The molecule has 3 aromatic heterocycles. The molecule has 5 rings (SSSR count). The van der Waals surface area contributed by atoms with Crippen LogP contribution >= 0.6 is 11.8 Å². The average molecular weight is 400 g/mol. The third-order valence-electron chi connectivity index (χ3n) is 4.75. The second-order valence-electron chi connectivity index (χ2n) is 6.52. The number of carbonyl (C=O) groups excluding carboxylic acids is 1. The fourth-order valence-corrected chi connectivity index (χ4v) is 4.30. The van der Waals surface area contributed by atoms with Crippen LogP contribution in [0.4, 0.5) is 0 Å². The van der Waals surface area contributed by atoms with Crippen LogP contribution in [0.3, 0.4) is 0 Å². The van der Waals surface area contributed by atoms with Gasteiger partial charge in [-0.3, -0.25) is 9.38 Å². The van der Waals surface area contributed by atoms with Gasteiger partial charge in [0.1, 0.15) is 5.65 Å². The van der Waals surface area contributed by atoms with Crippen molar-refractivity contribution in [2.24, 2.45) is 0 Å². The molecule has 3 heterocycles. The van der Waals surface area contributed by atoms with Gasteiger partial charge in [-0.05, 0) is 48.0 Å². The van der Waals surface area contributed by atoms with E-state index < -0.39 is 0 Å². The molecule has 5 aromatic rings. The zero-order valence-corrected chi connectivity index (χ0v) is 16.4. The standard InChI is InChI=1S/C22H16N4O2S/c1-28-21(27)15-6-7-16-18(12-15)25-22(29-13-14-8-10-23-11-9-14)26-19-5-3-2-4-17(19)24-20(16)26/h2-12H,13H2,1H3. The van der Waals surface area contributed by atoms with Gasteiger partial charge >= 0.3 is 5.97 Å². The van der Waals surface area contributed by atoms with E-state index in [4.69, 9.17) is 14.7 Å². The molecule has 0 aliphatic rings. The first-order chi connectivity index (χ1) is 14.2. The molecule has 0 amide bonds. The van der Waals surface area contributed by atoms with Gasteiger partial charge in [-0.15, -0.1) is 0 Å². The highest BCUT2D eigenvalue weighted by Gasteiger charge is 2.16. The number of thioether (sulfide) groups is 1. The van der Waals surface area contributed by atoms with Gasteiger partial charge < -0.3 is 4.74 Å². The van der Waals surface area contributed by atoms with E-state index in [1.807, 2.05) is 42.5 Å². The van der Waals surface area contributed by atoms with E-state index in [1.54, 1.807) is 36.3 Å². The number of esters is 1. The minimum Gasteiger partial charge on any atom is -0.465 e. The van der Waals surface area contributed by atoms with Crippen LogP contribution in [0.1, 0.15) is 15.9 Å². The first kappa shape index (κ1) is 17.6. The molecule has 6 nitrogen and oxygen atoms in total. The molecular formula is C22H16N4O2S. The number of fused-ring (bicyclic) bond motifs is 5. The van der Waals surface area contributed by atoms with Crippen molar-refractivity contribution in [2.75, 3.05) is 7.11 Å². The number of methoxy groups -OCH3 is 1. The summed E-state index contributed by atoms with van der Waals surface area (Å²) in [6, 6.07) is 17.4. The van der Waals surface area contributed by atoms with E-state index >= 15 is 0 Å². The summed E-state index contributed by atoms with van der Waals surface area (Å²) in [5, 5.41) is 1.71. The van der Waals surface area contributed by atoms with Crippen molar-refractivity contribution in [1.29, 1.82) is 0 Å². The van der Waals surface area contributed by atoms with Crippen LogP contribution in [0.5, 0.6) is 0 Å². The van der Waals surface area contributed by atoms with Crippen LogP contribution in [0.25, 0.3) is 27.6 Å². The Bertz CT molecular complexity index is 1370. The molecule has 0 unspecified atom stereocenters. The van der Waals surface area contributed by atoms with Crippen molar-refractivity contribution >= 4 is 45.3 Å². The number of para-hydroxylation sites is 2. The lowest BCUT2D eigenvalue weighted by atomic mass is 10.1. The molecule has 0 saturated heterocycles. The maximum atomic E-state index is 12.0. The highest BCUT2D eigenvalue weighted by molar-refractivity contribution is 7.98. The number of rotatable bonds is 4. The van der Waals surface area contributed by atoms with Gasteiger partial charge in [0.2, 0.25) is 0 Å². The number of benzene rings is 2. The number of ether oxygens (including phenoxy) is 1. The summed E-state index contributed by atoms with van der Waals surface area (Å²) in [5.74, 6) is 0.368. The largest absolute Gasteiger partial charge is 0.465 e. The number of carbonyl (C=O) groups is 1. The van der Waals surface area contributed by atoms with Crippen molar-refractivity contribution in [1.82, 2.24) is 19.4 Å². The third-order valence-corrected chi connectivity index (χ3v) is 5.75. The Morgan fingerprint density at radius 1 is 1.03 bits per heavy atom. The number of pyridine rings is 1. The lowest BCUT2D eigenvalue weighted by Gasteiger charge is -2.09. The number of hydrogen-bond donors (Lipinski definition) is 0. The molecule has 0 saturated carbocycles. The summed E-state index contributed by atoms with van der Waals surface area (Å²) in [6.45, 7) is 0. The second kappa shape index (κ2) is 7.18. The van der Waals surface area contributed by atoms with E-state index in [0.717, 1.165) is 38.5 Å². The molecule has 0 N–H and O–H groups in total. The quantitative estimate of drug-likeness (QED) is 0.251. The molecule has 7 heteroatoms.